The third-order valence-corrected chi connectivity index (χ3v) is 6.23. The average Bonchev–Trinajstić information content (AvgIpc) is 2.95. The van der Waals surface area contributed by atoms with E-state index in [1.165, 1.54) is 0 Å². The van der Waals surface area contributed by atoms with Gasteiger partial charge >= 0.3 is 0 Å². The number of rotatable bonds is 6. The van der Waals surface area contributed by atoms with Gasteiger partial charge in [0.15, 0.2) is 9.84 Å². The molecule has 26 heavy (non-hydrogen) atoms. The summed E-state index contributed by atoms with van der Waals surface area (Å²) in [5.41, 5.74) is 0.811. The average molecular weight is 376 g/mol. The number of benzene rings is 1. The minimum Gasteiger partial charge on any atom is -0.495 e. The Kier molecular flexibility index (Phi) is 5.31. The second-order valence-electron chi connectivity index (χ2n) is 6.33. The lowest BCUT2D eigenvalue weighted by Crippen LogP contribution is -2.37. The minimum absolute atomic E-state index is 0.0431. The van der Waals surface area contributed by atoms with Gasteiger partial charge in [-0.2, -0.15) is 0 Å². The van der Waals surface area contributed by atoms with Crippen LogP contribution < -0.4 is 15.0 Å². The molecule has 3 rings (SSSR count). The summed E-state index contributed by atoms with van der Waals surface area (Å²) in [5.74, 6) is 3.15. The van der Waals surface area contributed by atoms with Crippen molar-refractivity contribution in [3.63, 3.8) is 0 Å². The van der Waals surface area contributed by atoms with Crippen molar-refractivity contribution >= 4 is 27.2 Å². The van der Waals surface area contributed by atoms with Crippen molar-refractivity contribution in [1.82, 2.24) is 9.97 Å². The van der Waals surface area contributed by atoms with E-state index in [2.05, 4.69) is 15.3 Å². The van der Waals surface area contributed by atoms with Crippen LogP contribution in [-0.2, 0) is 9.84 Å². The summed E-state index contributed by atoms with van der Waals surface area (Å²) < 4.78 is 29.1. The van der Waals surface area contributed by atoms with Crippen LogP contribution in [-0.4, -0.2) is 49.6 Å². The lowest BCUT2D eigenvalue weighted by molar-refractivity contribution is 0.417. The van der Waals surface area contributed by atoms with Crippen LogP contribution >= 0.6 is 0 Å². The first kappa shape index (κ1) is 18.4. The van der Waals surface area contributed by atoms with Crippen molar-refractivity contribution in [2.45, 2.75) is 26.3 Å². The topological polar surface area (TPSA) is 84.4 Å². The maximum absolute atomic E-state index is 11.9. The molecule has 1 aliphatic heterocycles. The number of nitrogens with one attached hydrogen (secondary N) is 1. The second kappa shape index (κ2) is 7.49. The molecule has 1 aromatic carbocycles. The van der Waals surface area contributed by atoms with E-state index in [0.29, 0.717) is 24.6 Å². The fourth-order valence-corrected chi connectivity index (χ4v) is 5.01. The van der Waals surface area contributed by atoms with Crippen LogP contribution in [0.4, 0.5) is 17.3 Å². The molecule has 1 atom stereocenters. The van der Waals surface area contributed by atoms with E-state index in [4.69, 9.17) is 4.74 Å². The molecule has 0 spiro atoms. The van der Waals surface area contributed by atoms with Crippen molar-refractivity contribution in [3.05, 3.63) is 36.2 Å². The summed E-state index contributed by atoms with van der Waals surface area (Å²) in [5, 5.41) is 3.27. The fraction of sp³-hybridized carbons (Fsp3) is 0.444. The van der Waals surface area contributed by atoms with Gasteiger partial charge in [-0.25, -0.2) is 18.4 Å². The van der Waals surface area contributed by atoms with E-state index >= 15 is 0 Å². The molecule has 0 amide bonds. The third kappa shape index (κ3) is 4.07. The fourth-order valence-electron chi connectivity index (χ4n) is 3.28. The number of methoxy groups -OCH3 is 1. The van der Waals surface area contributed by atoms with Crippen molar-refractivity contribution < 1.29 is 13.2 Å². The zero-order valence-electron chi connectivity index (χ0n) is 15.3. The first-order chi connectivity index (χ1) is 12.4. The molecule has 1 N–H and O–H groups in total. The number of nitrogens with zero attached hydrogens (tertiary/aromatic N) is 3. The van der Waals surface area contributed by atoms with Gasteiger partial charge in [0.25, 0.3) is 0 Å². The van der Waals surface area contributed by atoms with Gasteiger partial charge in [-0.1, -0.05) is 12.1 Å². The number of para-hydroxylation sites is 2. The predicted octanol–water partition coefficient (Wildman–Crippen LogP) is 2.55. The summed E-state index contributed by atoms with van der Waals surface area (Å²) in [6.45, 7) is 4.52. The maximum Gasteiger partial charge on any atom is 0.152 e. The highest BCUT2D eigenvalue weighted by Crippen LogP contribution is 2.29. The highest BCUT2D eigenvalue weighted by Gasteiger charge is 2.32. The zero-order valence-corrected chi connectivity index (χ0v) is 16.1. The molecule has 140 valence electrons. The Bertz CT molecular complexity index is 886. The molecule has 1 unspecified atom stereocenters. The van der Waals surface area contributed by atoms with Gasteiger partial charge in [-0.05, 0) is 32.4 Å². The molecule has 1 aromatic heterocycles. The molecule has 8 heteroatoms. The number of sulfone groups is 1. The van der Waals surface area contributed by atoms with Crippen LogP contribution in [0, 0.1) is 6.92 Å². The van der Waals surface area contributed by atoms with Crippen LogP contribution in [0.25, 0.3) is 0 Å². The molecular weight excluding hydrogens is 352 g/mol. The normalized spacial score (nSPS) is 18.5. The molecule has 7 nitrogen and oxygen atoms in total. The molecule has 2 heterocycles. The first-order valence-corrected chi connectivity index (χ1v) is 10.5. The van der Waals surface area contributed by atoms with Crippen LogP contribution in [0.3, 0.4) is 0 Å². The summed E-state index contributed by atoms with van der Waals surface area (Å²) in [6.07, 6.45) is 0.633. The van der Waals surface area contributed by atoms with Gasteiger partial charge < -0.3 is 15.0 Å². The van der Waals surface area contributed by atoms with E-state index in [1.54, 1.807) is 7.11 Å². The number of anilines is 3. The van der Waals surface area contributed by atoms with Crippen LogP contribution in [0.1, 0.15) is 19.2 Å². The Balaban J connectivity index is 1.89. The van der Waals surface area contributed by atoms with Crippen LogP contribution in [0.5, 0.6) is 5.75 Å². The van der Waals surface area contributed by atoms with Gasteiger partial charge in [-0.3, -0.25) is 0 Å². The first-order valence-electron chi connectivity index (χ1n) is 8.64. The van der Waals surface area contributed by atoms with Gasteiger partial charge in [0.1, 0.15) is 23.2 Å². The van der Waals surface area contributed by atoms with Crippen molar-refractivity contribution in [2.75, 3.05) is 35.4 Å². The number of aryl methyl sites for hydroxylation is 1. The quantitative estimate of drug-likeness (QED) is 0.829. The van der Waals surface area contributed by atoms with Gasteiger partial charge in [0.05, 0.1) is 24.3 Å². The van der Waals surface area contributed by atoms with Crippen molar-refractivity contribution in [2.24, 2.45) is 0 Å². The predicted molar refractivity (Wildman–Crippen MR) is 103 cm³/mol. The highest BCUT2D eigenvalue weighted by atomic mass is 32.2. The Labute approximate surface area is 154 Å². The number of aromatic nitrogens is 2. The summed E-state index contributed by atoms with van der Waals surface area (Å²) in [4.78, 5) is 11.0. The molecule has 1 fully saturated rings. The van der Waals surface area contributed by atoms with Gasteiger partial charge in [0, 0.05) is 18.7 Å². The Morgan fingerprint density at radius 2 is 2.08 bits per heavy atom. The minimum atomic E-state index is -2.95. The Morgan fingerprint density at radius 1 is 1.31 bits per heavy atom. The number of hydrogen-bond acceptors (Lipinski definition) is 7. The maximum atomic E-state index is 11.9. The molecule has 1 aliphatic rings. The van der Waals surface area contributed by atoms with Crippen molar-refractivity contribution in [3.8, 4) is 5.75 Å². The second-order valence-corrected chi connectivity index (χ2v) is 8.56. The summed E-state index contributed by atoms with van der Waals surface area (Å²) in [7, 11) is -1.33. The Morgan fingerprint density at radius 3 is 2.73 bits per heavy atom. The SMILES string of the molecule is CCN(c1cc(Nc2ccccc2OC)nc(C)n1)C1CCS(=O)(=O)C1. The van der Waals surface area contributed by atoms with Crippen LogP contribution in [0.2, 0.25) is 0 Å². The number of ether oxygens (including phenoxy) is 1. The monoisotopic (exact) mass is 376 g/mol. The van der Waals surface area contributed by atoms with E-state index < -0.39 is 9.84 Å². The molecule has 1 saturated heterocycles. The molecule has 0 bridgehead atoms. The molecule has 0 radical (unpaired) electrons. The molecule has 2 aromatic rings. The van der Waals surface area contributed by atoms with Crippen LogP contribution in [0.15, 0.2) is 30.3 Å². The number of hydrogen-bond donors (Lipinski definition) is 1. The smallest absolute Gasteiger partial charge is 0.152 e. The van der Waals surface area contributed by atoms with E-state index in [-0.39, 0.29) is 17.5 Å². The summed E-state index contributed by atoms with van der Waals surface area (Å²) in [6, 6.07) is 9.42. The lowest BCUT2D eigenvalue weighted by atomic mass is 10.2. The van der Waals surface area contributed by atoms with E-state index in [1.807, 2.05) is 49.1 Å². The van der Waals surface area contributed by atoms with E-state index in [0.717, 1.165) is 17.3 Å². The highest BCUT2D eigenvalue weighted by molar-refractivity contribution is 7.91. The molecule has 0 saturated carbocycles. The molecular formula is C18H24N4O3S. The standard InChI is InChI=1S/C18H24N4O3S/c1-4-22(14-9-10-26(23,24)12-14)18-11-17(19-13(2)20-18)21-15-7-5-6-8-16(15)25-3/h5-8,11,14H,4,9-10,12H2,1-3H3,(H,19,20,21). The van der Waals surface area contributed by atoms with Gasteiger partial charge in [-0.15, -0.1) is 0 Å². The Hall–Kier alpha value is -2.35. The lowest BCUT2D eigenvalue weighted by Gasteiger charge is -2.28. The largest absolute Gasteiger partial charge is 0.495 e. The van der Waals surface area contributed by atoms with E-state index in [9.17, 15) is 8.42 Å². The van der Waals surface area contributed by atoms with Crippen molar-refractivity contribution in [1.29, 1.82) is 0 Å². The zero-order chi connectivity index (χ0) is 18.7. The van der Waals surface area contributed by atoms with Gasteiger partial charge in [0.2, 0.25) is 0 Å². The molecule has 0 aliphatic carbocycles. The summed E-state index contributed by atoms with van der Waals surface area (Å²) >= 11 is 0. The third-order valence-electron chi connectivity index (χ3n) is 4.48.